The Morgan fingerprint density at radius 2 is 1.83 bits per heavy atom. The van der Waals surface area contributed by atoms with Gasteiger partial charge in [-0.15, -0.1) is 0 Å². The van der Waals surface area contributed by atoms with E-state index < -0.39 is 17.7 Å². The van der Waals surface area contributed by atoms with Crippen molar-refractivity contribution in [3.8, 4) is 0 Å². The molecular weight excluding hydrogens is 356 g/mol. The number of amides is 1. The molecule has 0 heterocycles. The third-order valence-corrected chi connectivity index (χ3v) is 3.93. The van der Waals surface area contributed by atoms with Gasteiger partial charge >= 0.3 is 5.97 Å². The van der Waals surface area contributed by atoms with Gasteiger partial charge in [-0.1, -0.05) is 29.3 Å². The smallest absolute Gasteiger partial charge is 0.337 e. The highest BCUT2D eigenvalue weighted by Gasteiger charge is 2.13. The van der Waals surface area contributed by atoms with Crippen LogP contribution in [0.5, 0.6) is 0 Å². The predicted molar refractivity (Wildman–Crippen MR) is 92.1 cm³/mol. The second-order valence-corrected chi connectivity index (χ2v) is 5.75. The molecule has 2 rings (SSSR count). The van der Waals surface area contributed by atoms with E-state index in [1.807, 2.05) is 0 Å². The fraction of sp³-hybridized carbons (Fsp3) is 0.0588. The monoisotopic (exact) mass is 367 g/mol. The van der Waals surface area contributed by atoms with Crippen LogP contribution in [0.25, 0.3) is 5.57 Å². The van der Waals surface area contributed by atoms with E-state index >= 15 is 0 Å². The van der Waals surface area contributed by atoms with Crippen molar-refractivity contribution in [3.63, 3.8) is 0 Å². The van der Waals surface area contributed by atoms with Crippen molar-refractivity contribution in [2.45, 2.75) is 6.92 Å². The zero-order valence-corrected chi connectivity index (χ0v) is 14.0. The van der Waals surface area contributed by atoms with Gasteiger partial charge in [-0.2, -0.15) is 0 Å². The van der Waals surface area contributed by atoms with E-state index in [0.29, 0.717) is 21.2 Å². The molecule has 0 saturated heterocycles. The van der Waals surface area contributed by atoms with Crippen molar-refractivity contribution >= 4 is 46.3 Å². The number of benzene rings is 2. The minimum atomic E-state index is -1.34. The maximum absolute atomic E-state index is 13.1. The normalized spacial score (nSPS) is 11.2. The first kappa shape index (κ1) is 18.0. The van der Waals surface area contributed by atoms with Crippen molar-refractivity contribution in [3.05, 3.63) is 69.5 Å². The van der Waals surface area contributed by atoms with Crippen molar-refractivity contribution in [2.24, 2.45) is 0 Å². The summed E-state index contributed by atoms with van der Waals surface area (Å²) in [6.45, 7) is 1.70. The molecule has 0 atom stereocenters. The van der Waals surface area contributed by atoms with Crippen molar-refractivity contribution in [2.75, 3.05) is 5.32 Å². The number of carbonyl (C=O) groups excluding carboxylic acids is 1. The summed E-state index contributed by atoms with van der Waals surface area (Å²) in [5.41, 5.74) is 0.971. The molecule has 4 nitrogen and oxygen atoms in total. The topological polar surface area (TPSA) is 66.4 Å². The highest BCUT2D eigenvalue weighted by molar-refractivity contribution is 6.42. The van der Waals surface area contributed by atoms with Crippen LogP contribution in [-0.2, 0) is 4.79 Å². The van der Waals surface area contributed by atoms with Crippen LogP contribution in [0.2, 0.25) is 10.0 Å². The molecule has 0 saturated carbocycles. The number of hydrogen-bond acceptors (Lipinski definition) is 2. The molecule has 2 N–H and O–H groups in total. The summed E-state index contributed by atoms with van der Waals surface area (Å²) >= 11 is 11.8. The second-order valence-electron chi connectivity index (χ2n) is 4.94. The number of allylic oxidation sites excluding steroid dienone is 1. The zero-order valence-electron chi connectivity index (χ0n) is 12.4. The highest BCUT2D eigenvalue weighted by Crippen LogP contribution is 2.26. The molecule has 0 spiro atoms. The fourth-order valence-electron chi connectivity index (χ4n) is 1.99. The lowest BCUT2D eigenvalue weighted by Crippen LogP contribution is -2.12. The highest BCUT2D eigenvalue weighted by atomic mass is 35.5. The number of rotatable bonds is 4. The van der Waals surface area contributed by atoms with Gasteiger partial charge in [0.25, 0.3) is 0 Å². The zero-order chi connectivity index (χ0) is 17.9. The van der Waals surface area contributed by atoms with Gasteiger partial charge in [0.15, 0.2) is 0 Å². The number of hydrogen-bond donors (Lipinski definition) is 2. The minimum Gasteiger partial charge on any atom is -0.478 e. The summed E-state index contributed by atoms with van der Waals surface area (Å²) < 4.78 is 13.1. The molecule has 0 fully saturated rings. The first-order valence-electron chi connectivity index (χ1n) is 6.75. The molecule has 124 valence electrons. The molecule has 0 aliphatic rings. The van der Waals surface area contributed by atoms with Crippen LogP contribution in [0.1, 0.15) is 22.8 Å². The number of carboxylic acid groups (broad SMARTS) is 1. The number of aromatic carboxylic acids is 1. The lowest BCUT2D eigenvalue weighted by atomic mass is 10.1. The van der Waals surface area contributed by atoms with Gasteiger partial charge in [0.05, 0.1) is 21.3 Å². The van der Waals surface area contributed by atoms with Crippen LogP contribution in [0.15, 0.2) is 42.5 Å². The maximum Gasteiger partial charge on any atom is 0.337 e. The van der Waals surface area contributed by atoms with Crippen molar-refractivity contribution in [1.82, 2.24) is 0 Å². The van der Waals surface area contributed by atoms with Crippen molar-refractivity contribution in [1.29, 1.82) is 0 Å². The Morgan fingerprint density at radius 3 is 2.46 bits per heavy atom. The van der Waals surface area contributed by atoms with Gasteiger partial charge in [-0.25, -0.2) is 9.18 Å². The summed E-state index contributed by atoms with van der Waals surface area (Å²) in [6, 6.07) is 8.03. The van der Waals surface area contributed by atoms with Crippen LogP contribution in [0.4, 0.5) is 10.1 Å². The number of anilines is 1. The third kappa shape index (κ3) is 4.34. The lowest BCUT2D eigenvalue weighted by Gasteiger charge is -2.08. The van der Waals surface area contributed by atoms with Crippen LogP contribution in [-0.4, -0.2) is 17.0 Å². The van der Waals surface area contributed by atoms with Gasteiger partial charge in [-0.05, 0) is 48.4 Å². The number of nitrogens with one attached hydrogen (secondary N) is 1. The molecule has 0 unspecified atom stereocenters. The van der Waals surface area contributed by atoms with E-state index in [4.69, 9.17) is 28.3 Å². The van der Waals surface area contributed by atoms with Crippen LogP contribution in [0, 0.1) is 5.82 Å². The van der Waals surface area contributed by atoms with Crippen LogP contribution < -0.4 is 5.32 Å². The fourth-order valence-corrected chi connectivity index (χ4v) is 2.29. The summed E-state index contributed by atoms with van der Waals surface area (Å²) in [5, 5.41) is 12.2. The Hall–Kier alpha value is -2.37. The second kappa shape index (κ2) is 7.47. The molecule has 24 heavy (non-hydrogen) atoms. The molecule has 0 radical (unpaired) electrons. The van der Waals surface area contributed by atoms with E-state index in [0.717, 1.165) is 12.1 Å². The summed E-state index contributed by atoms with van der Waals surface area (Å²) in [6.07, 6.45) is 1.29. The minimum absolute atomic E-state index is 0.00656. The Labute approximate surface area is 147 Å². The molecule has 1 amide bonds. The van der Waals surface area contributed by atoms with Gasteiger partial charge in [0.2, 0.25) is 5.91 Å². The number of halogens is 3. The standard InChI is InChI=1S/C17H12Cl2FNO3/c1-9(10-2-4-13(18)14(19)7-10)6-16(22)21-15-5-3-11(20)8-12(15)17(23)24/h2-8H,1H3,(H,21,22)(H,23,24). The quantitative estimate of drug-likeness (QED) is 0.757. The molecule has 0 aromatic heterocycles. The molecule has 2 aromatic rings. The van der Waals surface area contributed by atoms with Crippen LogP contribution >= 0.6 is 23.2 Å². The number of carboxylic acids is 1. The first-order valence-corrected chi connectivity index (χ1v) is 7.51. The molecule has 2 aromatic carbocycles. The largest absolute Gasteiger partial charge is 0.478 e. The molecule has 0 bridgehead atoms. The van der Waals surface area contributed by atoms with Gasteiger partial charge in [0, 0.05) is 6.08 Å². The molecular formula is C17H12Cl2FNO3. The lowest BCUT2D eigenvalue weighted by molar-refractivity contribution is -0.111. The summed E-state index contributed by atoms with van der Waals surface area (Å²) in [4.78, 5) is 23.2. The average Bonchev–Trinajstić information content (AvgIpc) is 2.51. The van der Waals surface area contributed by atoms with E-state index in [2.05, 4.69) is 5.32 Å². The predicted octanol–water partition coefficient (Wildman–Crippen LogP) is 4.87. The number of carbonyl (C=O) groups is 2. The molecule has 0 aliphatic carbocycles. The van der Waals surface area contributed by atoms with E-state index in [9.17, 15) is 14.0 Å². The Kier molecular flexibility index (Phi) is 5.59. The summed E-state index contributed by atoms with van der Waals surface area (Å²) in [5.74, 6) is -2.59. The Balaban J connectivity index is 2.24. The Morgan fingerprint density at radius 1 is 1.12 bits per heavy atom. The third-order valence-electron chi connectivity index (χ3n) is 3.19. The van der Waals surface area contributed by atoms with Gasteiger partial charge < -0.3 is 10.4 Å². The molecule has 0 aliphatic heterocycles. The maximum atomic E-state index is 13.1. The SMILES string of the molecule is CC(=CC(=O)Nc1ccc(F)cc1C(=O)O)c1ccc(Cl)c(Cl)c1. The summed E-state index contributed by atoms with van der Waals surface area (Å²) in [7, 11) is 0. The van der Waals surface area contributed by atoms with E-state index in [1.165, 1.54) is 12.1 Å². The first-order chi connectivity index (χ1) is 11.3. The van der Waals surface area contributed by atoms with Gasteiger partial charge in [0.1, 0.15) is 5.82 Å². The average molecular weight is 368 g/mol. The van der Waals surface area contributed by atoms with Gasteiger partial charge in [-0.3, -0.25) is 4.79 Å². The van der Waals surface area contributed by atoms with E-state index in [1.54, 1.807) is 25.1 Å². The van der Waals surface area contributed by atoms with E-state index in [-0.39, 0.29) is 11.3 Å². The van der Waals surface area contributed by atoms with Crippen LogP contribution in [0.3, 0.4) is 0 Å². The Bertz CT molecular complexity index is 850. The molecule has 7 heteroatoms. The van der Waals surface area contributed by atoms with Crippen molar-refractivity contribution < 1.29 is 19.1 Å².